The standard InChI is InChI=1S/C8H12O2/c1-6(10)8-4-2-3-7(8)5-9/h5,7-8H,2-4H2,1H3. The smallest absolute Gasteiger partial charge is 0.133 e. The van der Waals surface area contributed by atoms with Crippen LogP contribution in [0.2, 0.25) is 0 Å². The highest BCUT2D eigenvalue weighted by atomic mass is 16.1. The first-order chi connectivity index (χ1) is 4.75. The Hall–Kier alpha value is -0.660. The molecule has 0 saturated heterocycles. The molecule has 0 heterocycles. The molecule has 0 aliphatic heterocycles. The molecule has 2 nitrogen and oxygen atoms in total. The van der Waals surface area contributed by atoms with Crippen LogP contribution in [0, 0.1) is 11.8 Å². The van der Waals surface area contributed by atoms with Gasteiger partial charge in [-0.2, -0.15) is 0 Å². The van der Waals surface area contributed by atoms with Gasteiger partial charge in [0.1, 0.15) is 12.1 Å². The molecule has 1 aliphatic carbocycles. The van der Waals surface area contributed by atoms with E-state index in [1.165, 1.54) is 0 Å². The van der Waals surface area contributed by atoms with Crippen LogP contribution in [0.15, 0.2) is 0 Å². The largest absolute Gasteiger partial charge is 0.303 e. The molecule has 2 atom stereocenters. The minimum absolute atomic E-state index is 0.0255. The summed E-state index contributed by atoms with van der Waals surface area (Å²) in [6.07, 6.45) is 3.79. The summed E-state index contributed by atoms with van der Waals surface area (Å²) < 4.78 is 0. The number of hydrogen-bond acceptors (Lipinski definition) is 2. The fourth-order valence-corrected chi connectivity index (χ4v) is 1.66. The van der Waals surface area contributed by atoms with E-state index in [0.717, 1.165) is 25.5 Å². The van der Waals surface area contributed by atoms with Gasteiger partial charge in [-0.1, -0.05) is 6.42 Å². The van der Waals surface area contributed by atoms with E-state index in [9.17, 15) is 9.59 Å². The third-order valence-electron chi connectivity index (χ3n) is 2.27. The van der Waals surface area contributed by atoms with Crippen LogP contribution in [0.5, 0.6) is 0 Å². The van der Waals surface area contributed by atoms with Crippen molar-refractivity contribution >= 4 is 12.1 Å². The third-order valence-corrected chi connectivity index (χ3v) is 2.27. The molecule has 2 heteroatoms. The number of carbonyl (C=O) groups excluding carboxylic acids is 2. The summed E-state index contributed by atoms with van der Waals surface area (Å²) >= 11 is 0. The number of hydrogen-bond donors (Lipinski definition) is 0. The normalized spacial score (nSPS) is 32.1. The Morgan fingerprint density at radius 3 is 2.60 bits per heavy atom. The van der Waals surface area contributed by atoms with Crippen LogP contribution >= 0.6 is 0 Å². The van der Waals surface area contributed by atoms with Crippen LogP contribution in [0.3, 0.4) is 0 Å². The maximum Gasteiger partial charge on any atom is 0.133 e. The van der Waals surface area contributed by atoms with Crippen LogP contribution in [0.4, 0.5) is 0 Å². The van der Waals surface area contributed by atoms with E-state index in [2.05, 4.69) is 0 Å². The molecule has 1 aliphatic rings. The summed E-state index contributed by atoms with van der Waals surface area (Å²) in [5, 5.41) is 0. The molecule has 1 fully saturated rings. The summed E-state index contributed by atoms with van der Waals surface area (Å²) in [5.41, 5.74) is 0. The lowest BCUT2D eigenvalue weighted by Crippen LogP contribution is -2.16. The van der Waals surface area contributed by atoms with Gasteiger partial charge in [0.25, 0.3) is 0 Å². The van der Waals surface area contributed by atoms with Gasteiger partial charge in [-0.15, -0.1) is 0 Å². The van der Waals surface area contributed by atoms with E-state index in [0.29, 0.717) is 0 Å². The molecule has 0 spiro atoms. The van der Waals surface area contributed by atoms with E-state index < -0.39 is 0 Å². The number of rotatable bonds is 2. The first-order valence-corrected chi connectivity index (χ1v) is 3.71. The summed E-state index contributed by atoms with van der Waals surface area (Å²) in [7, 11) is 0. The monoisotopic (exact) mass is 140 g/mol. The van der Waals surface area contributed by atoms with Crippen molar-refractivity contribution in [3.63, 3.8) is 0 Å². The van der Waals surface area contributed by atoms with Gasteiger partial charge in [0.05, 0.1) is 0 Å². The quantitative estimate of drug-likeness (QED) is 0.540. The van der Waals surface area contributed by atoms with Gasteiger partial charge < -0.3 is 4.79 Å². The summed E-state index contributed by atoms with van der Waals surface area (Å²) in [5.74, 6) is 0.240. The lowest BCUT2D eigenvalue weighted by Gasteiger charge is -2.08. The highest BCUT2D eigenvalue weighted by Crippen LogP contribution is 2.30. The second-order valence-corrected chi connectivity index (χ2v) is 2.95. The number of carbonyl (C=O) groups is 2. The molecule has 1 saturated carbocycles. The first kappa shape index (κ1) is 7.45. The second kappa shape index (κ2) is 2.95. The molecule has 56 valence electrons. The highest BCUT2D eigenvalue weighted by Gasteiger charge is 2.29. The van der Waals surface area contributed by atoms with Crippen molar-refractivity contribution in [3.05, 3.63) is 0 Å². The van der Waals surface area contributed by atoms with Gasteiger partial charge in [0.2, 0.25) is 0 Å². The molecule has 0 bridgehead atoms. The maximum absolute atomic E-state index is 10.9. The molecule has 0 aromatic heterocycles. The van der Waals surface area contributed by atoms with Crippen LogP contribution in [-0.2, 0) is 9.59 Å². The molecule has 0 aromatic rings. The van der Waals surface area contributed by atoms with Crippen molar-refractivity contribution in [1.82, 2.24) is 0 Å². The molecule has 1 rings (SSSR count). The van der Waals surface area contributed by atoms with Crippen LogP contribution in [0.1, 0.15) is 26.2 Å². The molecular weight excluding hydrogens is 128 g/mol. The Morgan fingerprint density at radius 1 is 1.50 bits per heavy atom. The molecule has 0 radical (unpaired) electrons. The molecular formula is C8H12O2. The summed E-state index contributed by atoms with van der Waals surface area (Å²) in [4.78, 5) is 21.2. The Balaban J connectivity index is 2.58. The molecule has 0 amide bonds. The van der Waals surface area contributed by atoms with Gasteiger partial charge in [-0.3, -0.25) is 4.79 Å². The third kappa shape index (κ3) is 1.25. The highest BCUT2D eigenvalue weighted by molar-refractivity contribution is 5.82. The van der Waals surface area contributed by atoms with E-state index in [4.69, 9.17) is 0 Å². The average Bonchev–Trinajstić information content (AvgIpc) is 2.33. The summed E-state index contributed by atoms with van der Waals surface area (Å²) in [6, 6.07) is 0. The van der Waals surface area contributed by atoms with Crippen LogP contribution in [0.25, 0.3) is 0 Å². The molecule has 2 unspecified atom stereocenters. The zero-order chi connectivity index (χ0) is 7.56. The molecule has 0 N–H and O–H groups in total. The first-order valence-electron chi connectivity index (χ1n) is 3.71. The van der Waals surface area contributed by atoms with Gasteiger partial charge in [-0.25, -0.2) is 0 Å². The summed E-state index contributed by atoms with van der Waals surface area (Å²) in [6.45, 7) is 1.58. The van der Waals surface area contributed by atoms with Gasteiger partial charge >= 0.3 is 0 Å². The van der Waals surface area contributed by atoms with Crippen molar-refractivity contribution in [2.24, 2.45) is 11.8 Å². The van der Waals surface area contributed by atoms with Crippen molar-refractivity contribution in [3.8, 4) is 0 Å². The zero-order valence-corrected chi connectivity index (χ0v) is 6.17. The van der Waals surface area contributed by atoms with E-state index in [1.54, 1.807) is 6.92 Å². The Morgan fingerprint density at radius 2 is 2.20 bits per heavy atom. The van der Waals surface area contributed by atoms with Gasteiger partial charge in [-0.05, 0) is 19.8 Å². The van der Waals surface area contributed by atoms with E-state index >= 15 is 0 Å². The van der Waals surface area contributed by atoms with E-state index in [1.807, 2.05) is 0 Å². The minimum atomic E-state index is 0.0255. The van der Waals surface area contributed by atoms with Crippen molar-refractivity contribution in [1.29, 1.82) is 0 Å². The van der Waals surface area contributed by atoms with Gasteiger partial charge in [0.15, 0.2) is 0 Å². The fourth-order valence-electron chi connectivity index (χ4n) is 1.66. The van der Waals surface area contributed by atoms with Crippen molar-refractivity contribution in [2.75, 3.05) is 0 Å². The number of Topliss-reactive ketones (excluding diaryl/α,β-unsaturated/α-hetero) is 1. The second-order valence-electron chi connectivity index (χ2n) is 2.95. The van der Waals surface area contributed by atoms with Crippen LogP contribution < -0.4 is 0 Å². The Kier molecular flexibility index (Phi) is 2.20. The van der Waals surface area contributed by atoms with Crippen molar-refractivity contribution < 1.29 is 9.59 Å². The Bertz CT molecular complexity index is 151. The minimum Gasteiger partial charge on any atom is -0.303 e. The predicted octanol–water partition coefficient (Wildman–Crippen LogP) is 1.19. The number of aldehydes is 1. The SMILES string of the molecule is CC(=O)C1CCCC1C=O. The average molecular weight is 140 g/mol. The van der Waals surface area contributed by atoms with E-state index in [-0.39, 0.29) is 17.6 Å². The predicted molar refractivity (Wildman–Crippen MR) is 37.6 cm³/mol. The maximum atomic E-state index is 10.9. The number of ketones is 1. The Labute approximate surface area is 60.6 Å². The lowest BCUT2D eigenvalue weighted by molar-refractivity contribution is -0.125. The lowest BCUT2D eigenvalue weighted by atomic mass is 9.94. The van der Waals surface area contributed by atoms with Crippen molar-refractivity contribution in [2.45, 2.75) is 26.2 Å². The fraction of sp³-hybridized carbons (Fsp3) is 0.750. The van der Waals surface area contributed by atoms with Gasteiger partial charge in [0, 0.05) is 11.8 Å². The zero-order valence-electron chi connectivity index (χ0n) is 6.17. The van der Waals surface area contributed by atoms with Crippen LogP contribution in [-0.4, -0.2) is 12.1 Å². The topological polar surface area (TPSA) is 34.1 Å². The molecule has 0 aromatic carbocycles. The molecule has 10 heavy (non-hydrogen) atoms.